The molecule has 0 atom stereocenters. The van der Waals surface area contributed by atoms with Crippen LogP contribution in [0.25, 0.3) is 0 Å². The number of nitro groups is 1. The van der Waals surface area contributed by atoms with Crippen LogP contribution in [-0.4, -0.2) is 31.3 Å². The zero-order valence-corrected chi connectivity index (χ0v) is 17.4. The van der Waals surface area contributed by atoms with Gasteiger partial charge < -0.3 is 9.88 Å². The van der Waals surface area contributed by atoms with Gasteiger partial charge >= 0.3 is 0 Å². The number of thioether (sulfide) groups is 1. The minimum atomic E-state index is -0.549. The number of nitrogens with zero attached hydrogens (tertiary/aromatic N) is 4. The van der Waals surface area contributed by atoms with Gasteiger partial charge in [-0.05, 0) is 11.6 Å². The van der Waals surface area contributed by atoms with E-state index in [-0.39, 0.29) is 28.1 Å². The molecule has 0 unspecified atom stereocenters. The number of carbonyl (C=O) groups excluding carboxylic acids is 1. The van der Waals surface area contributed by atoms with Crippen molar-refractivity contribution in [2.75, 3.05) is 11.1 Å². The van der Waals surface area contributed by atoms with Crippen molar-refractivity contribution < 1.29 is 9.72 Å². The number of non-ortho nitro benzene ring substituents is 1. The number of allylic oxidation sites excluding steroid dienone is 1. The number of halogens is 1. The van der Waals surface area contributed by atoms with Crippen molar-refractivity contribution >= 4 is 40.6 Å². The molecule has 3 aromatic rings. The van der Waals surface area contributed by atoms with Crippen LogP contribution >= 0.6 is 23.4 Å². The standard InChI is InChI=1S/C20H18ClN5O3S/c1-2-10-25-18(11-14-6-4-3-5-7-14)23-24-20(25)30-13-19(27)22-17-12-15(26(28)29)8-9-16(17)21/h2-9,12H,1,10-11,13H2,(H,22,27). The van der Waals surface area contributed by atoms with E-state index in [1.807, 2.05) is 34.9 Å². The van der Waals surface area contributed by atoms with E-state index in [1.165, 1.54) is 30.0 Å². The highest BCUT2D eigenvalue weighted by molar-refractivity contribution is 7.99. The molecule has 1 heterocycles. The summed E-state index contributed by atoms with van der Waals surface area (Å²) in [6.07, 6.45) is 2.35. The maximum atomic E-state index is 12.3. The number of nitro benzene ring substituents is 1. The fraction of sp³-hybridized carbons (Fsp3) is 0.150. The molecule has 10 heteroatoms. The van der Waals surface area contributed by atoms with E-state index in [1.54, 1.807) is 6.08 Å². The first-order valence-corrected chi connectivity index (χ1v) is 10.3. The minimum Gasteiger partial charge on any atom is -0.324 e. The van der Waals surface area contributed by atoms with Crippen LogP contribution in [0.3, 0.4) is 0 Å². The van der Waals surface area contributed by atoms with Gasteiger partial charge in [-0.15, -0.1) is 16.8 Å². The van der Waals surface area contributed by atoms with Crippen molar-refractivity contribution in [3.63, 3.8) is 0 Å². The molecule has 0 bridgehead atoms. The molecule has 154 valence electrons. The van der Waals surface area contributed by atoms with Crippen LogP contribution in [0.15, 0.2) is 66.3 Å². The van der Waals surface area contributed by atoms with E-state index >= 15 is 0 Å². The second-order valence-corrected chi connectivity index (χ2v) is 7.57. The second kappa shape index (κ2) is 10.0. The summed E-state index contributed by atoms with van der Waals surface area (Å²) < 4.78 is 1.90. The summed E-state index contributed by atoms with van der Waals surface area (Å²) in [5.41, 5.74) is 1.14. The monoisotopic (exact) mass is 443 g/mol. The molecule has 0 fully saturated rings. The van der Waals surface area contributed by atoms with Crippen molar-refractivity contribution in [1.82, 2.24) is 14.8 Å². The van der Waals surface area contributed by atoms with Gasteiger partial charge in [-0.3, -0.25) is 14.9 Å². The quantitative estimate of drug-likeness (QED) is 0.228. The first-order chi connectivity index (χ1) is 14.5. The summed E-state index contributed by atoms with van der Waals surface area (Å²) >= 11 is 7.24. The smallest absolute Gasteiger partial charge is 0.271 e. The van der Waals surface area contributed by atoms with Crippen LogP contribution in [0.1, 0.15) is 11.4 Å². The molecule has 1 amide bonds. The van der Waals surface area contributed by atoms with E-state index in [0.717, 1.165) is 11.4 Å². The first-order valence-electron chi connectivity index (χ1n) is 8.91. The molecule has 0 saturated carbocycles. The molecule has 0 aliphatic rings. The number of carbonyl (C=O) groups is 1. The molecule has 2 aromatic carbocycles. The topological polar surface area (TPSA) is 103 Å². The van der Waals surface area contributed by atoms with Crippen molar-refractivity contribution in [1.29, 1.82) is 0 Å². The average Bonchev–Trinajstić information content (AvgIpc) is 3.10. The van der Waals surface area contributed by atoms with Crippen LogP contribution in [0.4, 0.5) is 11.4 Å². The zero-order chi connectivity index (χ0) is 21.5. The number of anilines is 1. The fourth-order valence-electron chi connectivity index (χ4n) is 2.69. The first kappa shape index (κ1) is 21.5. The molecule has 8 nitrogen and oxygen atoms in total. The van der Waals surface area contributed by atoms with Crippen LogP contribution in [0.5, 0.6) is 0 Å². The Bertz CT molecular complexity index is 1070. The SMILES string of the molecule is C=CCn1c(Cc2ccccc2)nnc1SCC(=O)Nc1cc([N+](=O)[O-])ccc1Cl. The predicted octanol–water partition coefficient (Wildman–Crippen LogP) is 4.35. The molecule has 0 saturated heterocycles. The van der Waals surface area contributed by atoms with Gasteiger partial charge in [0.2, 0.25) is 5.91 Å². The van der Waals surface area contributed by atoms with Crippen LogP contribution < -0.4 is 5.32 Å². The van der Waals surface area contributed by atoms with Crippen molar-refractivity contribution in [3.8, 4) is 0 Å². The molecule has 3 rings (SSSR count). The maximum absolute atomic E-state index is 12.3. The summed E-state index contributed by atoms with van der Waals surface area (Å²) in [4.78, 5) is 22.7. The number of rotatable bonds is 9. The van der Waals surface area contributed by atoms with E-state index in [4.69, 9.17) is 11.6 Å². The summed E-state index contributed by atoms with van der Waals surface area (Å²) in [7, 11) is 0. The van der Waals surface area contributed by atoms with Gasteiger partial charge in [0.05, 0.1) is 21.4 Å². The Morgan fingerprint density at radius 3 is 2.73 bits per heavy atom. The minimum absolute atomic E-state index is 0.0413. The molecule has 1 N–H and O–H groups in total. The van der Waals surface area contributed by atoms with Gasteiger partial charge in [-0.25, -0.2) is 0 Å². The van der Waals surface area contributed by atoms with Gasteiger partial charge in [0.1, 0.15) is 5.82 Å². The number of nitrogens with one attached hydrogen (secondary N) is 1. The second-order valence-electron chi connectivity index (χ2n) is 6.22. The summed E-state index contributed by atoms with van der Waals surface area (Å²) in [5, 5.41) is 22.8. The van der Waals surface area contributed by atoms with Crippen LogP contribution in [-0.2, 0) is 17.8 Å². The molecular weight excluding hydrogens is 426 g/mol. The summed E-state index contributed by atoms with van der Waals surface area (Å²) in [6, 6.07) is 13.8. The van der Waals surface area contributed by atoms with Crippen molar-refractivity contribution in [2.45, 2.75) is 18.1 Å². The van der Waals surface area contributed by atoms with Crippen LogP contribution in [0, 0.1) is 10.1 Å². The number of benzene rings is 2. The Labute approximate surface area is 182 Å². The highest BCUT2D eigenvalue weighted by atomic mass is 35.5. The Hall–Kier alpha value is -3.17. The van der Waals surface area contributed by atoms with Gasteiger partial charge in [0.15, 0.2) is 5.16 Å². The van der Waals surface area contributed by atoms with Crippen molar-refractivity contribution in [2.24, 2.45) is 0 Å². The van der Waals surface area contributed by atoms with Crippen molar-refractivity contribution in [3.05, 3.63) is 87.7 Å². The third-order valence-electron chi connectivity index (χ3n) is 4.08. The van der Waals surface area contributed by atoms with Gasteiger partial charge in [0.25, 0.3) is 5.69 Å². The average molecular weight is 444 g/mol. The van der Waals surface area contributed by atoms with E-state index in [2.05, 4.69) is 22.1 Å². The third kappa shape index (κ3) is 5.46. The van der Waals surface area contributed by atoms with E-state index < -0.39 is 4.92 Å². The zero-order valence-electron chi connectivity index (χ0n) is 15.8. The molecule has 30 heavy (non-hydrogen) atoms. The van der Waals surface area contributed by atoms with Gasteiger partial charge in [-0.2, -0.15) is 0 Å². The Kier molecular flexibility index (Phi) is 7.21. The highest BCUT2D eigenvalue weighted by Gasteiger charge is 2.16. The lowest BCUT2D eigenvalue weighted by atomic mass is 10.1. The Balaban J connectivity index is 1.68. The third-order valence-corrected chi connectivity index (χ3v) is 5.37. The number of aromatic nitrogens is 3. The molecular formula is C20H18ClN5O3S. The molecule has 0 radical (unpaired) electrons. The summed E-state index contributed by atoms with van der Waals surface area (Å²) in [6.45, 7) is 4.28. The van der Waals surface area contributed by atoms with Gasteiger partial charge in [0, 0.05) is 25.1 Å². The lowest BCUT2D eigenvalue weighted by molar-refractivity contribution is -0.384. The molecule has 0 aliphatic carbocycles. The number of hydrogen-bond donors (Lipinski definition) is 1. The van der Waals surface area contributed by atoms with Crippen LogP contribution in [0.2, 0.25) is 5.02 Å². The van der Waals surface area contributed by atoms with E-state index in [0.29, 0.717) is 18.1 Å². The molecule has 0 spiro atoms. The fourth-order valence-corrected chi connectivity index (χ4v) is 3.62. The molecule has 1 aromatic heterocycles. The number of amides is 1. The number of hydrogen-bond acceptors (Lipinski definition) is 6. The lowest BCUT2D eigenvalue weighted by Crippen LogP contribution is -2.15. The Morgan fingerprint density at radius 2 is 2.03 bits per heavy atom. The molecule has 0 aliphatic heterocycles. The predicted molar refractivity (Wildman–Crippen MR) is 117 cm³/mol. The largest absolute Gasteiger partial charge is 0.324 e. The summed E-state index contributed by atoms with van der Waals surface area (Å²) in [5.74, 6) is 0.450. The highest BCUT2D eigenvalue weighted by Crippen LogP contribution is 2.27. The maximum Gasteiger partial charge on any atom is 0.271 e. The lowest BCUT2D eigenvalue weighted by Gasteiger charge is -2.09. The van der Waals surface area contributed by atoms with Gasteiger partial charge in [-0.1, -0.05) is 59.8 Å². The normalized spacial score (nSPS) is 10.6. The Morgan fingerprint density at radius 1 is 1.27 bits per heavy atom. The van der Waals surface area contributed by atoms with E-state index in [9.17, 15) is 14.9 Å².